The molecule has 3 aromatic rings. The van der Waals surface area contributed by atoms with E-state index >= 15 is 0 Å². The molecule has 1 amide bonds. The molecule has 1 N–H and O–H groups in total. The summed E-state index contributed by atoms with van der Waals surface area (Å²) in [5.74, 6) is 1.45. The van der Waals surface area contributed by atoms with Crippen molar-refractivity contribution in [3.8, 4) is 5.69 Å². The molecule has 0 unspecified atom stereocenters. The van der Waals surface area contributed by atoms with Crippen LogP contribution in [0.3, 0.4) is 0 Å². The van der Waals surface area contributed by atoms with E-state index < -0.39 is 0 Å². The fraction of sp³-hybridized carbons (Fsp3) is 0.364. The number of anilines is 1. The Kier molecular flexibility index (Phi) is 3.97. The second-order valence-electron chi connectivity index (χ2n) is 7.57. The first-order valence-corrected chi connectivity index (χ1v) is 9.90. The van der Waals surface area contributed by atoms with Crippen LogP contribution in [0.2, 0.25) is 0 Å². The molecule has 1 aromatic heterocycles. The van der Waals surface area contributed by atoms with Crippen LogP contribution in [-0.4, -0.2) is 40.0 Å². The minimum atomic E-state index is -0.0592. The normalized spacial score (nSPS) is 17.6. The number of fused-ring (bicyclic) bond motifs is 2. The fourth-order valence-corrected chi connectivity index (χ4v) is 4.54. The molecule has 0 atom stereocenters. The van der Waals surface area contributed by atoms with E-state index in [0.717, 1.165) is 54.2 Å². The third-order valence-electron chi connectivity index (χ3n) is 5.83. The second-order valence-corrected chi connectivity index (χ2v) is 7.57. The van der Waals surface area contributed by atoms with E-state index in [1.54, 1.807) is 0 Å². The first-order chi connectivity index (χ1) is 13.3. The number of imidazole rings is 1. The van der Waals surface area contributed by atoms with Gasteiger partial charge in [-0.05, 0) is 63.2 Å². The molecule has 0 saturated carbocycles. The zero-order valence-corrected chi connectivity index (χ0v) is 15.6. The molecule has 2 aliphatic rings. The number of para-hydroxylation sites is 3. The molecule has 2 aromatic carbocycles. The number of hydrogen-bond donors (Lipinski definition) is 1. The van der Waals surface area contributed by atoms with Crippen molar-refractivity contribution in [1.29, 1.82) is 0 Å². The SMILES string of the molecule is CCCN1CCC(c2nc3cccc4c3n2-c2ccccc2NC4=O)CC1. The van der Waals surface area contributed by atoms with Crippen molar-refractivity contribution in [2.75, 3.05) is 25.0 Å². The quantitative estimate of drug-likeness (QED) is 0.762. The lowest BCUT2D eigenvalue weighted by Crippen LogP contribution is -2.34. The molecule has 0 radical (unpaired) electrons. The van der Waals surface area contributed by atoms with Gasteiger partial charge in [-0.25, -0.2) is 4.98 Å². The molecule has 0 bridgehead atoms. The average molecular weight is 360 g/mol. The van der Waals surface area contributed by atoms with Crippen LogP contribution in [0.1, 0.15) is 48.3 Å². The number of nitrogens with zero attached hydrogens (tertiary/aromatic N) is 3. The van der Waals surface area contributed by atoms with Crippen LogP contribution in [0, 0.1) is 0 Å². The van der Waals surface area contributed by atoms with E-state index in [9.17, 15) is 4.79 Å². The van der Waals surface area contributed by atoms with E-state index in [1.165, 1.54) is 13.0 Å². The lowest BCUT2D eigenvalue weighted by atomic mass is 9.95. The highest BCUT2D eigenvalue weighted by molar-refractivity contribution is 6.14. The standard InChI is InChI=1S/C22H24N4O/c1-2-12-25-13-10-15(11-14-25)21-23-18-8-5-6-16-20(18)26(21)19-9-4-3-7-17(19)24-22(16)27/h3-9,15H,2,10-14H2,1H3,(H,24,27). The number of likely N-dealkylation sites (tertiary alicyclic amines) is 1. The summed E-state index contributed by atoms with van der Waals surface area (Å²) in [6, 6.07) is 13.9. The van der Waals surface area contributed by atoms with Crippen molar-refractivity contribution >= 4 is 22.6 Å². The number of nitrogens with one attached hydrogen (secondary N) is 1. The number of rotatable bonds is 3. The highest BCUT2D eigenvalue weighted by Crippen LogP contribution is 2.37. The Morgan fingerprint density at radius 3 is 2.74 bits per heavy atom. The van der Waals surface area contributed by atoms with Crippen LogP contribution in [0.5, 0.6) is 0 Å². The summed E-state index contributed by atoms with van der Waals surface area (Å²) >= 11 is 0. The Balaban J connectivity index is 1.67. The molecule has 1 fully saturated rings. The number of piperidine rings is 1. The molecule has 0 spiro atoms. The summed E-state index contributed by atoms with van der Waals surface area (Å²) in [5.41, 5.74) is 4.41. The molecular formula is C22H24N4O. The van der Waals surface area contributed by atoms with Gasteiger partial charge in [0.2, 0.25) is 0 Å². The maximum atomic E-state index is 12.8. The van der Waals surface area contributed by atoms with Gasteiger partial charge in [-0.1, -0.05) is 25.1 Å². The van der Waals surface area contributed by atoms with Gasteiger partial charge in [0.05, 0.1) is 28.0 Å². The van der Waals surface area contributed by atoms with E-state index in [-0.39, 0.29) is 5.91 Å². The van der Waals surface area contributed by atoms with Gasteiger partial charge in [-0.3, -0.25) is 9.36 Å². The van der Waals surface area contributed by atoms with Gasteiger partial charge < -0.3 is 10.2 Å². The molecular weight excluding hydrogens is 336 g/mol. The molecule has 5 nitrogen and oxygen atoms in total. The summed E-state index contributed by atoms with van der Waals surface area (Å²) in [6.07, 6.45) is 3.43. The summed E-state index contributed by atoms with van der Waals surface area (Å²) in [4.78, 5) is 20.4. The van der Waals surface area contributed by atoms with Crippen LogP contribution in [0.25, 0.3) is 16.7 Å². The third-order valence-corrected chi connectivity index (χ3v) is 5.83. The number of hydrogen-bond acceptors (Lipinski definition) is 3. The maximum absolute atomic E-state index is 12.8. The van der Waals surface area contributed by atoms with E-state index in [0.29, 0.717) is 11.5 Å². The number of aromatic nitrogens is 2. The van der Waals surface area contributed by atoms with Crippen LogP contribution in [0.15, 0.2) is 42.5 Å². The molecule has 1 saturated heterocycles. The van der Waals surface area contributed by atoms with Crippen molar-refractivity contribution in [2.45, 2.75) is 32.1 Å². The zero-order valence-electron chi connectivity index (χ0n) is 15.6. The lowest BCUT2D eigenvalue weighted by molar-refractivity contribution is 0.102. The lowest BCUT2D eigenvalue weighted by Gasteiger charge is -2.31. The number of carbonyl (C=O) groups is 1. The van der Waals surface area contributed by atoms with Crippen LogP contribution >= 0.6 is 0 Å². The maximum Gasteiger partial charge on any atom is 0.257 e. The highest BCUT2D eigenvalue weighted by atomic mass is 16.1. The number of amides is 1. The smallest absolute Gasteiger partial charge is 0.257 e. The van der Waals surface area contributed by atoms with E-state index in [4.69, 9.17) is 4.98 Å². The Morgan fingerprint density at radius 2 is 1.93 bits per heavy atom. The number of benzene rings is 2. The van der Waals surface area contributed by atoms with Crippen LogP contribution in [-0.2, 0) is 0 Å². The van der Waals surface area contributed by atoms with E-state index in [1.807, 2.05) is 36.4 Å². The summed E-state index contributed by atoms with van der Waals surface area (Å²) in [7, 11) is 0. The van der Waals surface area contributed by atoms with Crippen molar-refractivity contribution in [1.82, 2.24) is 14.5 Å². The first kappa shape index (κ1) is 16.5. The monoisotopic (exact) mass is 360 g/mol. The summed E-state index contributed by atoms with van der Waals surface area (Å²) < 4.78 is 2.23. The van der Waals surface area contributed by atoms with Gasteiger partial charge in [-0.15, -0.1) is 0 Å². The molecule has 5 rings (SSSR count). The Labute approximate surface area is 159 Å². The van der Waals surface area contributed by atoms with Gasteiger partial charge in [0, 0.05) is 5.92 Å². The van der Waals surface area contributed by atoms with E-state index in [2.05, 4.69) is 27.8 Å². The summed E-state index contributed by atoms with van der Waals surface area (Å²) in [5, 5.41) is 3.07. The first-order valence-electron chi connectivity index (χ1n) is 9.90. The van der Waals surface area contributed by atoms with Crippen LogP contribution < -0.4 is 5.32 Å². The topological polar surface area (TPSA) is 50.2 Å². The van der Waals surface area contributed by atoms with Crippen LogP contribution in [0.4, 0.5) is 5.69 Å². The minimum Gasteiger partial charge on any atom is -0.320 e. The average Bonchev–Trinajstić information content (AvgIpc) is 3.02. The van der Waals surface area contributed by atoms with Crippen molar-refractivity contribution in [3.05, 3.63) is 53.9 Å². The third kappa shape index (κ3) is 2.65. The van der Waals surface area contributed by atoms with Crippen molar-refractivity contribution in [2.24, 2.45) is 0 Å². The Morgan fingerprint density at radius 1 is 1.11 bits per heavy atom. The second kappa shape index (κ2) is 6.50. The Bertz CT molecular complexity index is 1010. The van der Waals surface area contributed by atoms with Gasteiger partial charge >= 0.3 is 0 Å². The number of carbonyl (C=O) groups excluding carboxylic acids is 1. The molecule has 5 heteroatoms. The zero-order chi connectivity index (χ0) is 18.4. The molecule has 2 aliphatic heterocycles. The van der Waals surface area contributed by atoms with Gasteiger partial charge in [-0.2, -0.15) is 0 Å². The largest absolute Gasteiger partial charge is 0.320 e. The van der Waals surface area contributed by atoms with Crippen molar-refractivity contribution in [3.63, 3.8) is 0 Å². The highest BCUT2D eigenvalue weighted by Gasteiger charge is 2.30. The van der Waals surface area contributed by atoms with Gasteiger partial charge in [0.1, 0.15) is 5.82 Å². The summed E-state index contributed by atoms with van der Waals surface area (Å²) in [6.45, 7) is 5.65. The molecule has 0 aliphatic carbocycles. The predicted molar refractivity (Wildman–Crippen MR) is 108 cm³/mol. The van der Waals surface area contributed by atoms with Gasteiger partial charge in [0.15, 0.2) is 0 Å². The minimum absolute atomic E-state index is 0.0592. The van der Waals surface area contributed by atoms with Crippen molar-refractivity contribution < 1.29 is 4.79 Å². The van der Waals surface area contributed by atoms with Gasteiger partial charge in [0.25, 0.3) is 5.91 Å². The fourth-order valence-electron chi connectivity index (χ4n) is 4.54. The molecule has 3 heterocycles. The molecule has 27 heavy (non-hydrogen) atoms. The molecule has 138 valence electrons. The predicted octanol–water partition coefficient (Wildman–Crippen LogP) is 4.18. The Hall–Kier alpha value is -2.66.